The van der Waals surface area contributed by atoms with Gasteiger partial charge in [0, 0.05) is 25.8 Å². The van der Waals surface area contributed by atoms with Gasteiger partial charge in [0.15, 0.2) is 0 Å². The Kier molecular flexibility index (Phi) is 13.9. The smallest absolute Gasteiger partial charge is 1.00 e. The van der Waals surface area contributed by atoms with Crippen LogP contribution in [0.15, 0.2) is 0 Å². The Hall–Kier alpha value is 1.98. The van der Waals surface area contributed by atoms with Gasteiger partial charge in [-0.15, -0.1) is 0 Å². The van der Waals surface area contributed by atoms with E-state index in [2.05, 4.69) is 0 Å². The summed E-state index contributed by atoms with van der Waals surface area (Å²) in [5.74, 6) is 0. The van der Waals surface area contributed by atoms with E-state index in [0.29, 0.717) is 0 Å². The van der Waals surface area contributed by atoms with Crippen LogP contribution in [0, 0.1) is 0 Å². The third kappa shape index (κ3) is 72.8. The molecule has 0 atom stereocenters. The summed E-state index contributed by atoms with van der Waals surface area (Å²) in [7, 11) is -4.64. The molecule has 0 aliphatic carbocycles. The Morgan fingerprint density at radius 1 is 1.29 bits per heavy atom. The third-order valence-corrected chi connectivity index (χ3v) is 0. The van der Waals surface area contributed by atoms with E-state index in [4.69, 9.17) is 19.2 Å². The van der Waals surface area contributed by atoms with Gasteiger partial charge in [-0.2, -0.15) is 0 Å². The molecular weight excluding hydrogens is 163 g/mol. The molecule has 0 bridgehead atoms. The van der Waals surface area contributed by atoms with Crippen LogP contribution in [-0.2, 0) is 30.4 Å². The number of hydrogen-bond acceptors (Lipinski definition) is 1. The molecule has 1 radical (unpaired) electrons. The van der Waals surface area contributed by atoms with Crippen molar-refractivity contribution < 1.29 is 76.1 Å². The molecule has 0 saturated heterocycles. The van der Waals surface area contributed by atoms with E-state index in [1.807, 2.05) is 0 Å². The first kappa shape index (κ1) is 16.0. The summed E-state index contributed by atoms with van der Waals surface area (Å²) in [4.78, 5) is 21.6. The van der Waals surface area contributed by atoms with Crippen molar-refractivity contribution in [1.82, 2.24) is 0 Å². The first-order valence-electron chi connectivity index (χ1n) is 0.783. The number of rotatable bonds is 0. The first-order chi connectivity index (χ1) is 2.00. The Balaban J connectivity index is -0.0000000267. The van der Waals surface area contributed by atoms with Crippen LogP contribution >= 0.6 is 7.82 Å². The first-order valence-corrected chi connectivity index (χ1v) is 2.35. The monoisotopic (exact) mass is 167 g/mol. The molecule has 0 aliphatic heterocycles. The predicted molar refractivity (Wildman–Crippen MR) is 15.4 cm³/mol. The van der Waals surface area contributed by atoms with Crippen molar-refractivity contribution in [3.05, 3.63) is 0 Å². The second-order valence-electron chi connectivity index (χ2n) is 0.513. The summed E-state index contributed by atoms with van der Waals surface area (Å²) in [5, 5.41) is 0. The van der Waals surface area contributed by atoms with Gasteiger partial charge in [-0.3, -0.25) is 0 Å². The van der Waals surface area contributed by atoms with Crippen LogP contribution in [0.3, 0.4) is 0 Å². The zero-order chi connectivity index (χ0) is 4.50. The Bertz CT molecular complexity index is 62.2. The summed E-state index contributed by atoms with van der Waals surface area (Å²) < 4.78 is 8.88. The number of hydrogen-bond donors (Lipinski definition) is 3. The minimum atomic E-state index is -4.64. The number of phosphoric acid groups is 1. The summed E-state index contributed by atoms with van der Waals surface area (Å²) in [6.45, 7) is 0. The molecule has 0 rings (SSSR count). The fourth-order valence-corrected chi connectivity index (χ4v) is 0. The maximum Gasteiger partial charge on any atom is 1.00 e. The van der Waals surface area contributed by atoms with E-state index >= 15 is 0 Å². The fourth-order valence-electron chi connectivity index (χ4n) is 0. The molecule has 0 spiro atoms. The van der Waals surface area contributed by atoms with Crippen molar-refractivity contribution in [2.45, 2.75) is 0 Å². The van der Waals surface area contributed by atoms with Crippen molar-refractivity contribution >= 4 is 7.82 Å². The Morgan fingerprint density at radius 2 is 1.29 bits per heavy atom. The maximum absolute atomic E-state index is 8.88. The molecule has 0 amide bonds. The molecule has 0 aliphatic rings. The van der Waals surface area contributed by atoms with Gasteiger partial charge in [0.1, 0.15) is 0 Å². The van der Waals surface area contributed by atoms with Gasteiger partial charge in [-0.1, -0.05) is 0 Å². The second-order valence-corrected chi connectivity index (χ2v) is 1.54. The molecule has 0 aromatic heterocycles. The fraction of sp³-hybridized carbons (Fsp3) is 0. The normalized spacial score (nSPS) is 8.43. The van der Waals surface area contributed by atoms with E-state index in [1.54, 1.807) is 0 Å². The molecule has 4 nitrogen and oxygen atoms in total. The van der Waals surface area contributed by atoms with Gasteiger partial charge < -0.3 is 16.1 Å². The van der Waals surface area contributed by atoms with Gasteiger partial charge in [0.2, 0.25) is 0 Å². The van der Waals surface area contributed by atoms with Crippen molar-refractivity contribution in [3.63, 3.8) is 0 Å². The second kappa shape index (κ2) is 6.11. The van der Waals surface area contributed by atoms with Crippen LogP contribution in [0.2, 0.25) is 0 Å². The van der Waals surface area contributed by atoms with E-state index in [0.717, 1.165) is 0 Å². The van der Waals surface area contributed by atoms with Crippen LogP contribution in [0.4, 0.5) is 0 Å². The quantitative estimate of drug-likeness (QED) is 0.255. The van der Waals surface area contributed by atoms with Gasteiger partial charge in [0.05, 0.1) is 0 Å². The standard InChI is InChI=1S/Na.H3O4P.Sc.H/c;1-5(2,3)4;;/h;(H3,1,2,3,4);;/q+1;;;-1. The molecule has 0 aromatic carbocycles. The average molecular weight is 167 g/mol. The molecule has 37 valence electrons. The summed E-state index contributed by atoms with van der Waals surface area (Å²) in [5.41, 5.74) is 0. The summed E-state index contributed by atoms with van der Waals surface area (Å²) in [6.07, 6.45) is 0. The zero-order valence-corrected chi connectivity index (χ0v) is 8.47. The van der Waals surface area contributed by atoms with Crippen molar-refractivity contribution in [2.24, 2.45) is 0 Å². The van der Waals surface area contributed by atoms with Crippen molar-refractivity contribution in [3.8, 4) is 0 Å². The molecule has 0 aromatic rings. The summed E-state index contributed by atoms with van der Waals surface area (Å²) in [6, 6.07) is 0. The average Bonchev–Trinajstić information content (AvgIpc) is 0.722. The van der Waals surface area contributed by atoms with Crippen molar-refractivity contribution in [2.75, 3.05) is 0 Å². The predicted octanol–water partition coefficient (Wildman–Crippen LogP) is -3.81. The SMILES string of the molecule is O=P(O)(O)O.[H-].[Na+].[Sc]. The Morgan fingerprint density at radius 3 is 1.29 bits per heavy atom. The van der Waals surface area contributed by atoms with Gasteiger partial charge in [0.25, 0.3) is 0 Å². The molecule has 0 fully saturated rings. The molecule has 7 heavy (non-hydrogen) atoms. The molecule has 3 N–H and O–H groups in total. The van der Waals surface area contributed by atoms with Crippen LogP contribution in [0.25, 0.3) is 0 Å². The minimum Gasteiger partial charge on any atom is -1.00 e. The van der Waals surface area contributed by atoms with Gasteiger partial charge in [-0.25, -0.2) is 4.57 Å². The topological polar surface area (TPSA) is 77.8 Å². The maximum atomic E-state index is 8.88. The third-order valence-electron chi connectivity index (χ3n) is 0. The minimum absolute atomic E-state index is 0. The van der Waals surface area contributed by atoms with E-state index in [9.17, 15) is 0 Å². The van der Waals surface area contributed by atoms with Gasteiger partial charge >= 0.3 is 37.4 Å². The summed E-state index contributed by atoms with van der Waals surface area (Å²) >= 11 is 0. The zero-order valence-electron chi connectivity index (χ0n) is 4.77. The molecule has 7 heteroatoms. The Labute approximate surface area is 83.1 Å². The molecular formula is H4NaO4PSc. The van der Waals surface area contributed by atoms with Crippen LogP contribution in [-0.4, -0.2) is 14.7 Å². The largest absolute Gasteiger partial charge is 1.00 e. The van der Waals surface area contributed by atoms with E-state index in [1.165, 1.54) is 0 Å². The van der Waals surface area contributed by atoms with Gasteiger partial charge in [-0.05, 0) is 0 Å². The van der Waals surface area contributed by atoms with Crippen LogP contribution in [0.5, 0.6) is 0 Å². The van der Waals surface area contributed by atoms with Crippen LogP contribution < -0.4 is 29.6 Å². The van der Waals surface area contributed by atoms with E-state index < -0.39 is 7.82 Å². The van der Waals surface area contributed by atoms with E-state index in [-0.39, 0.29) is 56.8 Å². The van der Waals surface area contributed by atoms with Crippen LogP contribution in [0.1, 0.15) is 1.43 Å². The molecule has 0 saturated carbocycles. The molecule has 0 unspecified atom stereocenters. The van der Waals surface area contributed by atoms with Crippen molar-refractivity contribution in [1.29, 1.82) is 0 Å². The molecule has 0 heterocycles.